The summed E-state index contributed by atoms with van der Waals surface area (Å²) in [6.07, 6.45) is 9.67. The molecule has 0 unspecified atom stereocenters. The number of nitrogens with zero attached hydrogens (tertiary/aromatic N) is 1. The van der Waals surface area contributed by atoms with Gasteiger partial charge in [0.2, 0.25) is 11.7 Å². The quantitative estimate of drug-likeness (QED) is 0.590. The van der Waals surface area contributed by atoms with Crippen LogP contribution in [0, 0.1) is 5.92 Å². The van der Waals surface area contributed by atoms with Crippen LogP contribution in [0.15, 0.2) is 11.6 Å². The summed E-state index contributed by atoms with van der Waals surface area (Å²) < 4.78 is 0. The molecule has 1 amide bonds. The Morgan fingerprint density at radius 1 is 1.38 bits per heavy atom. The zero-order valence-electron chi connectivity index (χ0n) is 12.6. The van der Waals surface area contributed by atoms with E-state index in [1.165, 1.54) is 11.3 Å². The molecule has 1 aliphatic carbocycles. The third kappa shape index (κ3) is 4.63. The van der Waals surface area contributed by atoms with Crippen molar-refractivity contribution in [3.8, 4) is 0 Å². The van der Waals surface area contributed by atoms with Gasteiger partial charge >= 0.3 is 0 Å². The molecule has 0 saturated heterocycles. The molecule has 2 rings (SSSR count). The highest BCUT2D eigenvalue weighted by atomic mass is 32.1. The number of carbonyl (C=O) groups is 2. The highest BCUT2D eigenvalue weighted by Gasteiger charge is 2.28. The molecule has 1 atom stereocenters. The third-order valence-electron chi connectivity index (χ3n) is 4.10. The zero-order chi connectivity index (χ0) is 15.1. The Labute approximate surface area is 130 Å². The fraction of sp³-hybridized carbons (Fsp3) is 0.688. The van der Waals surface area contributed by atoms with Crippen LogP contribution in [0.1, 0.15) is 68.1 Å². The van der Waals surface area contributed by atoms with Crippen molar-refractivity contribution < 1.29 is 9.59 Å². The average molecular weight is 308 g/mol. The molecule has 1 N–H and O–H groups in total. The van der Waals surface area contributed by atoms with Crippen molar-refractivity contribution in [1.82, 2.24) is 10.3 Å². The van der Waals surface area contributed by atoms with Gasteiger partial charge in [0.15, 0.2) is 5.01 Å². The van der Waals surface area contributed by atoms with Crippen molar-refractivity contribution in [1.29, 1.82) is 0 Å². The van der Waals surface area contributed by atoms with Gasteiger partial charge in [0.25, 0.3) is 0 Å². The van der Waals surface area contributed by atoms with Crippen molar-refractivity contribution in [3.63, 3.8) is 0 Å². The topological polar surface area (TPSA) is 59.1 Å². The van der Waals surface area contributed by atoms with E-state index in [2.05, 4.69) is 17.2 Å². The second-order valence-corrected chi connectivity index (χ2v) is 6.63. The second kappa shape index (κ2) is 8.27. The third-order valence-corrected chi connectivity index (χ3v) is 4.89. The monoisotopic (exact) mass is 308 g/mol. The van der Waals surface area contributed by atoms with E-state index in [-0.39, 0.29) is 17.6 Å². The fourth-order valence-corrected chi connectivity index (χ4v) is 3.47. The Bertz CT molecular complexity index is 453. The largest absolute Gasteiger partial charge is 0.346 e. The summed E-state index contributed by atoms with van der Waals surface area (Å²) in [5, 5.41) is 5.29. The van der Waals surface area contributed by atoms with E-state index < -0.39 is 6.04 Å². The number of carbonyl (C=O) groups excluding carboxylic acids is 2. The van der Waals surface area contributed by atoms with E-state index in [0.29, 0.717) is 11.4 Å². The van der Waals surface area contributed by atoms with Crippen LogP contribution >= 0.6 is 11.3 Å². The first kappa shape index (κ1) is 16.1. The first-order valence-electron chi connectivity index (χ1n) is 7.96. The fourth-order valence-electron chi connectivity index (χ4n) is 2.84. The molecule has 1 saturated carbocycles. The lowest BCUT2D eigenvalue weighted by atomic mass is 10.0. The van der Waals surface area contributed by atoms with Crippen molar-refractivity contribution >= 4 is 23.0 Å². The zero-order valence-corrected chi connectivity index (χ0v) is 13.5. The summed E-state index contributed by atoms with van der Waals surface area (Å²) in [5.41, 5.74) is 0. The number of rotatable bonds is 8. The molecule has 1 aromatic heterocycles. The molecule has 116 valence electrons. The average Bonchev–Trinajstić information content (AvgIpc) is 3.18. The van der Waals surface area contributed by atoms with Gasteiger partial charge in [-0.05, 0) is 19.3 Å². The first-order chi connectivity index (χ1) is 10.2. The van der Waals surface area contributed by atoms with Gasteiger partial charge in [-0.2, -0.15) is 0 Å². The van der Waals surface area contributed by atoms with Gasteiger partial charge < -0.3 is 5.32 Å². The minimum Gasteiger partial charge on any atom is -0.346 e. The first-order valence-corrected chi connectivity index (χ1v) is 8.84. The standard InChI is InChI=1S/C16H24N2O2S/c1-2-3-4-9-13(14(19)16-17-10-11-21-16)18-15(20)12-7-5-6-8-12/h10-13H,2-9H2,1H3,(H,18,20)/t13-/m0/s1. The molecule has 5 heteroatoms. The minimum atomic E-state index is -0.407. The SMILES string of the molecule is CCCCC[C@H](NC(=O)C1CCCC1)C(=O)c1nccs1. The van der Waals surface area contributed by atoms with E-state index in [1.54, 1.807) is 11.6 Å². The van der Waals surface area contributed by atoms with Crippen molar-refractivity contribution in [3.05, 3.63) is 16.6 Å². The molecular formula is C16H24N2O2S. The Hall–Kier alpha value is -1.23. The number of hydrogen-bond acceptors (Lipinski definition) is 4. The molecule has 1 heterocycles. The van der Waals surface area contributed by atoms with Gasteiger partial charge in [-0.3, -0.25) is 9.59 Å². The van der Waals surface area contributed by atoms with E-state index >= 15 is 0 Å². The number of thiazole rings is 1. The van der Waals surface area contributed by atoms with Crippen molar-refractivity contribution in [2.45, 2.75) is 64.3 Å². The van der Waals surface area contributed by atoms with Crippen LogP contribution in [0.5, 0.6) is 0 Å². The molecule has 0 bridgehead atoms. The van der Waals surface area contributed by atoms with E-state index in [4.69, 9.17) is 0 Å². The Kier molecular flexibility index (Phi) is 6.36. The molecular weight excluding hydrogens is 284 g/mol. The molecule has 1 fully saturated rings. The van der Waals surface area contributed by atoms with Gasteiger partial charge in [-0.15, -0.1) is 11.3 Å². The number of hydrogen-bond donors (Lipinski definition) is 1. The maximum atomic E-state index is 12.5. The molecule has 0 aromatic carbocycles. The highest BCUT2D eigenvalue weighted by molar-refractivity contribution is 7.11. The smallest absolute Gasteiger partial charge is 0.223 e. The number of amides is 1. The summed E-state index contributed by atoms with van der Waals surface area (Å²) in [6.45, 7) is 2.13. The number of Topliss-reactive ketones (excluding diaryl/α,β-unsaturated/α-hetero) is 1. The molecule has 0 aliphatic heterocycles. The minimum absolute atomic E-state index is 0.0348. The maximum Gasteiger partial charge on any atom is 0.223 e. The summed E-state index contributed by atoms with van der Waals surface area (Å²) in [4.78, 5) is 28.9. The number of ketones is 1. The van der Waals surface area contributed by atoms with Gasteiger partial charge in [0.1, 0.15) is 0 Å². The molecule has 0 spiro atoms. The maximum absolute atomic E-state index is 12.5. The van der Waals surface area contributed by atoms with Crippen LogP contribution < -0.4 is 5.32 Å². The lowest BCUT2D eigenvalue weighted by Gasteiger charge is -2.19. The van der Waals surface area contributed by atoms with E-state index in [1.807, 2.05) is 0 Å². The van der Waals surface area contributed by atoms with E-state index in [0.717, 1.165) is 44.9 Å². The highest BCUT2D eigenvalue weighted by Crippen LogP contribution is 2.25. The predicted octanol–water partition coefficient (Wildman–Crippen LogP) is 3.58. The second-order valence-electron chi connectivity index (χ2n) is 5.74. The Morgan fingerprint density at radius 2 is 2.14 bits per heavy atom. The predicted molar refractivity (Wildman–Crippen MR) is 84.5 cm³/mol. The van der Waals surface area contributed by atoms with Crippen LogP contribution in [-0.4, -0.2) is 22.7 Å². The van der Waals surface area contributed by atoms with Crippen LogP contribution in [0.2, 0.25) is 0 Å². The summed E-state index contributed by atoms with van der Waals surface area (Å²) in [5.74, 6) is 0.120. The summed E-state index contributed by atoms with van der Waals surface area (Å²) in [7, 11) is 0. The number of aromatic nitrogens is 1. The van der Waals surface area contributed by atoms with Crippen LogP contribution in [0.3, 0.4) is 0 Å². The molecule has 21 heavy (non-hydrogen) atoms. The van der Waals surface area contributed by atoms with Crippen LogP contribution in [0.25, 0.3) is 0 Å². The normalized spacial score (nSPS) is 16.8. The Balaban J connectivity index is 1.97. The molecule has 1 aromatic rings. The summed E-state index contributed by atoms with van der Waals surface area (Å²) in [6, 6.07) is -0.407. The van der Waals surface area contributed by atoms with Gasteiger partial charge in [-0.25, -0.2) is 4.98 Å². The molecule has 1 aliphatic rings. The lowest BCUT2D eigenvalue weighted by molar-refractivity contribution is -0.125. The number of nitrogens with one attached hydrogen (secondary N) is 1. The van der Waals surface area contributed by atoms with E-state index in [9.17, 15) is 9.59 Å². The van der Waals surface area contributed by atoms with Crippen molar-refractivity contribution in [2.24, 2.45) is 5.92 Å². The van der Waals surface area contributed by atoms with Crippen LogP contribution in [-0.2, 0) is 4.79 Å². The number of unbranched alkanes of at least 4 members (excludes halogenated alkanes) is 2. The van der Waals surface area contributed by atoms with Gasteiger partial charge in [0, 0.05) is 17.5 Å². The van der Waals surface area contributed by atoms with Crippen LogP contribution in [0.4, 0.5) is 0 Å². The summed E-state index contributed by atoms with van der Waals surface area (Å²) >= 11 is 1.35. The Morgan fingerprint density at radius 3 is 2.76 bits per heavy atom. The molecule has 4 nitrogen and oxygen atoms in total. The van der Waals surface area contributed by atoms with Gasteiger partial charge in [0.05, 0.1) is 6.04 Å². The lowest BCUT2D eigenvalue weighted by Crippen LogP contribution is -2.43. The van der Waals surface area contributed by atoms with Gasteiger partial charge in [-0.1, -0.05) is 39.0 Å². The van der Waals surface area contributed by atoms with Crippen molar-refractivity contribution in [2.75, 3.05) is 0 Å². The molecule has 0 radical (unpaired) electrons.